The van der Waals surface area contributed by atoms with Crippen molar-refractivity contribution in [3.05, 3.63) is 32.6 Å². The monoisotopic (exact) mass is 234 g/mol. The zero-order valence-corrected chi connectivity index (χ0v) is 10.2. The first-order valence-electron chi connectivity index (χ1n) is 5.89. The van der Waals surface area contributed by atoms with Gasteiger partial charge in [0.05, 0.1) is 0 Å². The molecule has 0 amide bonds. The molecule has 0 aromatic carbocycles. The Morgan fingerprint density at radius 3 is 2.71 bits per heavy atom. The van der Waals surface area contributed by atoms with Gasteiger partial charge in [0.2, 0.25) is 0 Å². The largest absolute Gasteiger partial charge is 0.328 e. The van der Waals surface area contributed by atoms with Gasteiger partial charge in [-0.05, 0) is 19.8 Å². The highest BCUT2D eigenvalue weighted by molar-refractivity contribution is 5.00. The summed E-state index contributed by atoms with van der Waals surface area (Å²) in [7, 11) is 0. The molecule has 0 atom stereocenters. The minimum absolute atomic E-state index is 0.305. The van der Waals surface area contributed by atoms with Crippen LogP contribution in [0.5, 0.6) is 0 Å². The minimum Gasteiger partial charge on any atom is -0.300 e. The fourth-order valence-electron chi connectivity index (χ4n) is 1.65. The predicted octanol–water partition coefficient (Wildman–Crippen LogP) is 1.43. The second kappa shape index (κ2) is 6.74. The van der Waals surface area contributed by atoms with E-state index < -0.39 is 0 Å². The third-order valence-corrected chi connectivity index (χ3v) is 2.66. The molecular formula is C13H18N2O2. The number of nitrogens with zero attached hydrogens (tertiary/aromatic N) is 1. The number of nitrogens with one attached hydrogen (secondary N) is 1. The fraction of sp³-hybridized carbons (Fsp3) is 0.538. The van der Waals surface area contributed by atoms with Crippen LogP contribution in [-0.2, 0) is 6.54 Å². The van der Waals surface area contributed by atoms with Crippen LogP contribution in [0.3, 0.4) is 0 Å². The molecule has 0 radical (unpaired) electrons. The number of terminal acetylenes is 1. The molecular weight excluding hydrogens is 216 g/mol. The Morgan fingerprint density at radius 1 is 1.29 bits per heavy atom. The van der Waals surface area contributed by atoms with Gasteiger partial charge < -0.3 is 4.57 Å². The summed E-state index contributed by atoms with van der Waals surface area (Å²) >= 11 is 0. The van der Waals surface area contributed by atoms with E-state index in [0.717, 1.165) is 32.1 Å². The van der Waals surface area contributed by atoms with Crippen molar-refractivity contribution in [2.75, 3.05) is 0 Å². The molecule has 0 aliphatic rings. The SMILES string of the molecule is C#CCCCCCCn1cc(C)c(=O)[nH]c1=O. The lowest BCUT2D eigenvalue weighted by atomic mass is 10.1. The van der Waals surface area contributed by atoms with Crippen LogP contribution >= 0.6 is 0 Å². The zero-order valence-electron chi connectivity index (χ0n) is 10.2. The van der Waals surface area contributed by atoms with E-state index >= 15 is 0 Å². The molecule has 4 nitrogen and oxygen atoms in total. The highest BCUT2D eigenvalue weighted by Gasteiger charge is 2.00. The van der Waals surface area contributed by atoms with Crippen LogP contribution in [0.25, 0.3) is 0 Å². The standard InChI is InChI=1S/C13H18N2O2/c1-3-4-5-6-7-8-9-15-10-11(2)12(16)14-13(15)17/h1,10H,4-9H2,2H3,(H,14,16,17). The lowest BCUT2D eigenvalue weighted by molar-refractivity contribution is 0.553. The Labute approximate surface area is 101 Å². The average molecular weight is 234 g/mol. The summed E-state index contributed by atoms with van der Waals surface area (Å²) in [6.45, 7) is 2.34. The first kappa shape index (κ1) is 13.3. The molecule has 0 aliphatic heterocycles. The van der Waals surface area contributed by atoms with Crippen molar-refractivity contribution in [1.82, 2.24) is 9.55 Å². The molecule has 92 valence electrons. The highest BCUT2D eigenvalue weighted by Crippen LogP contribution is 2.03. The van der Waals surface area contributed by atoms with Crippen molar-refractivity contribution in [3.63, 3.8) is 0 Å². The topological polar surface area (TPSA) is 54.9 Å². The molecule has 1 aromatic heterocycles. The molecule has 0 aliphatic carbocycles. The second-order valence-corrected chi connectivity index (χ2v) is 4.13. The Kier molecular flexibility index (Phi) is 5.28. The molecule has 0 spiro atoms. The average Bonchev–Trinajstić information content (AvgIpc) is 2.30. The highest BCUT2D eigenvalue weighted by atomic mass is 16.2. The number of hydrogen-bond donors (Lipinski definition) is 1. The Balaban J connectivity index is 2.43. The van der Waals surface area contributed by atoms with Gasteiger partial charge in [0.1, 0.15) is 0 Å². The van der Waals surface area contributed by atoms with Gasteiger partial charge in [-0.1, -0.05) is 12.8 Å². The van der Waals surface area contributed by atoms with Gasteiger partial charge in [-0.25, -0.2) is 4.79 Å². The Morgan fingerprint density at radius 2 is 2.00 bits per heavy atom. The van der Waals surface area contributed by atoms with Gasteiger partial charge in [-0.15, -0.1) is 12.3 Å². The normalized spacial score (nSPS) is 10.1. The molecule has 1 rings (SSSR count). The van der Waals surface area contributed by atoms with Gasteiger partial charge in [0, 0.05) is 24.7 Å². The van der Waals surface area contributed by atoms with Crippen LogP contribution < -0.4 is 11.2 Å². The Hall–Kier alpha value is -1.76. The van der Waals surface area contributed by atoms with Gasteiger partial charge in [-0.2, -0.15) is 0 Å². The summed E-state index contributed by atoms with van der Waals surface area (Å²) in [5.41, 5.74) is -0.0681. The van der Waals surface area contributed by atoms with Crippen molar-refractivity contribution in [2.45, 2.75) is 45.6 Å². The first-order valence-corrected chi connectivity index (χ1v) is 5.89. The number of hydrogen-bond acceptors (Lipinski definition) is 2. The van der Waals surface area contributed by atoms with E-state index in [2.05, 4.69) is 10.9 Å². The maximum Gasteiger partial charge on any atom is 0.328 e. The number of unbranched alkanes of at least 4 members (excludes halogenated alkanes) is 4. The van der Waals surface area contributed by atoms with Crippen LogP contribution in [0.15, 0.2) is 15.8 Å². The van der Waals surface area contributed by atoms with Gasteiger partial charge in [0.15, 0.2) is 0 Å². The van der Waals surface area contributed by atoms with Gasteiger partial charge in [-0.3, -0.25) is 9.78 Å². The third-order valence-electron chi connectivity index (χ3n) is 2.66. The summed E-state index contributed by atoms with van der Waals surface area (Å²) in [6.07, 6.45) is 11.7. The van der Waals surface area contributed by atoms with Crippen LogP contribution in [0.4, 0.5) is 0 Å². The summed E-state index contributed by atoms with van der Waals surface area (Å²) < 4.78 is 1.55. The molecule has 4 heteroatoms. The maximum atomic E-state index is 11.4. The lowest BCUT2D eigenvalue weighted by Gasteiger charge is -2.05. The van der Waals surface area contributed by atoms with E-state index in [1.165, 1.54) is 0 Å². The summed E-state index contributed by atoms with van der Waals surface area (Å²) in [6, 6.07) is 0. The number of rotatable bonds is 6. The van der Waals surface area contributed by atoms with Crippen LogP contribution in [0.1, 0.15) is 37.7 Å². The fourth-order valence-corrected chi connectivity index (χ4v) is 1.65. The zero-order chi connectivity index (χ0) is 12.7. The van der Waals surface area contributed by atoms with E-state index in [1.807, 2.05) is 0 Å². The molecule has 1 N–H and O–H groups in total. The van der Waals surface area contributed by atoms with Crippen molar-refractivity contribution in [3.8, 4) is 12.3 Å². The molecule has 0 bridgehead atoms. The van der Waals surface area contributed by atoms with Gasteiger partial charge in [0.25, 0.3) is 5.56 Å². The number of aromatic amines is 1. The Bertz CT molecular complexity index is 505. The molecule has 0 saturated carbocycles. The summed E-state index contributed by atoms with van der Waals surface area (Å²) in [4.78, 5) is 24.9. The summed E-state index contributed by atoms with van der Waals surface area (Å²) in [5, 5.41) is 0. The van der Waals surface area contributed by atoms with Crippen molar-refractivity contribution in [1.29, 1.82) is 0 Å². The number of aryl methyl sites for hydroxylation is 2. The first-order chi connectivity index (χ1) is 8.15. The smallest absolute Gasteiger partial charge is 0.300 e. The van der Waals surface area contributed by atoms with E-state index in [-0.39, 0.29) is 11.2 Å². The van der Waals surface area contributed by atoms with E-state index in [0.29, 0.717) is 12.1 Å². The molecule has 17 heavy (non-hydrogen) atoms. The van der Waals surface area contributed by atoms with E-state index in [4.69, 9.17) is 6.42 Å². The van der Waals surface area contributed by atoms with Crippen molar-refractivity contribution >= 4 is 0 Å². The van der Waals surface area contributed by atoms with Crippen molar-refractivity contribution in [2.24, 2.45) is 0 Å². The van der Waals surface area contributed by atoms with E-state index in [9.17, 15) is 9.59 Å². The van der Waals surface area contributed by atoms with Gasteiger partial charge >= 0.3 is 5.69 Å². The van der Waals surface area contributed by atoms with Crippen LogP contribution in [0.2, 0.25) is 0 Å². The third kappa shape index (κ3) is 4.31. The maximum absolute atomic E-state index is 11.4. The number of aromatic nitrogens is 2. The van der Waals surface area contributed by atoms with Crippen LogP contribution in [-0.4, -0.2) is 9.55 Å². The van der Waals surface area contributed by atoms with Crippen molar-refractivity contribution < 1.29 is 0 Å². The summed E-state index contributed by atoms with van der Waals surface area (Å²) in [5.74, 6) is 2.60. The molecule has 0 unspecified atom stereocenters. The molecule has 1 heterocycles. The number of H-pyrrole nitrogens is 1. The molecule has 0 saturated heterocycles. The minimum atomic E-state index is -0.329. The second-order valence-electron chi connectivity index (χ2n) is 4.13. The molecule has 0 fully saturated rings. The van der Waals surface area contributed by atoms with Crippen LogP contribution in [0, 0.1) is 19.3 Å². The lowest BCUT2D eigenvalue weighted by Crippen LogP contribution is -2.30. The van der Waals surface area contributed by atoms with E-state index in [1.54, 1.807) is 17.7 Å². The predicted molar refractivity (Wildman–Crippen MR) is 68.0 cm³/mol. The molecule has 1 aromatic rings. The quantitative estimate of drug-likeness (QED) is 0.598.